The number of hydrogen-bond acceptors (Lipinski definition) is 14. The van der Waals surface area contributed by atoms with Gasteiger partial charge in [0.25, 0.3) is 0 Å². The summed E-state index contributed by atoms with van der Waals surface area (Å²) in [7, 11) is 0. The molecule has 0 spiro atoms. The number of allylic oxidation sites excluding steroid dienone is 8. The molecule has 8 nitrogen and oxygen atoms in total. The van der Waals surface area contributed by atoms with Crippen molar-refractivity contribution in [2.24, 2.45) is 0 Å². The van der Waals surface area contributed by atoms with Gasteiger partial charge in [-0.05, 0) is 51.4 Å². The van der Waals surface area contributed by atoms with Gasteiger partial charge < -0.3 is 9.97 Å². The number of rotatable bonds is 32. The van der Waals surface area contributed by atoms with Crippen LogP contribution in [-0.2, 0) is 0 Å². The average molecular weight is 1000 g/mol. The summed E-state index contributed by atoms with van der Waals surface area (Å²) in [4.78, 5) is 47.9. The number of hydrogen-bond donors (Lipinski definition) is 2. The predicted molar refractivity (Wildman–Crippen MR) is 297 cm³/mol. The van der Waals surface area contributed by atoms with Crippen LogP contribution in [-0.4, -0.2) is 85.9 Å². The molecular formula is C48H58N8S8. The Morgan fingerprint density at radius 2 is 0.484 bits per heavy atom. The van der Waals surface area contributed by atoms with Gasteiger partial charge in [0.15, 0.2) is 23.3 Å². The maximum atomic E-state index is 5.50. The van der Waals surface area contributed by atoms with Gasteiger partial charge in [-0.2, -0.15) is 0 Å². The highest BCUT2D eigenvalue weighted by Crippen LogP contribution is 2.48. The molecule has 0 aliphatic carbocycles. The molecule has 2 N–H and O–H groups in total. The lowest BCUT2D eigenvalue weighted by molar-refractivity contribution is 1.06. The van der Waals surface area contributed by atoms with E-state index >= 15 is 0 Å². The zero-order chi connectivity index (χ0) is 45.5. The number of aromatic amines is 2. The Morgan fingerprint density at radius 3 is 0.719 bits per heavy atom. The number of thioether (sulfide) groups is 8. The quantitative estimate of drug-likeness (QED) is 0.0352. The molecule has 16 heteroatoms. The zero-order valence-electron chi connectivity index (χ0n) is 36.5. The first-order valence-corrected chi connectivity index (χ1v) is 29.0. The number of aromatic nitrogens is 8. The molecule has 64 heavy (non-hydrogen) atoms. The number of fused-ring (bicyclic) bond motifs is 8. The van der Waals surface area contributed by atoms with E-state index in [-0.39, 0.29) is 0 Å². The molecule has 8 bridgehead atoms. The van der Waals surface area contributed by atoms with Crippen LogP contribution in [0.15, 0.2) is 121 Å². The van der Waals surface area contributed by atoms with Gasteiger partial charge in [0.05, 0.1) is 39.2 Å². The molecule has 0 saturated carbocycles. The van der Waals surface area contributed by atoms with Gasteiger partial charge in [0, 0.05) is 46.0 Å². The van der Waals surface area contributed by atoms with E-state index in [1.807, 2.05) is 48.6 Å². The summed E-state index contributed by atoms with van der Waals surface area (Å²) in [5, 5.41) is 0. The van der Waals surface area contributed by atoms with Gasteiger partial charge in [0.1, 0.15) is 22.6 Å². The number of nitrogens with zero attached hydrogens (tertiary/aromatic N) is 6. The lowest BCUT2D eigenvalue weighted by Crippen LogP contribution is -1.92. The largest absolute Gasteiger partial charge is 0.323 e. The Bertz CT molecular complexity index is 2230. The van der Waals surface area contributed by atoms with Crippen LogP contribution in [0.3, 0.4) is 0 Å². The summed E-state index contributed by atoms with van der Waals surface area (Å²) in [6.07, 6.45) is 22.3. The normalized spacial score (nSPS) is 12.4. The fourth-order valence-electron chi connectivity index (χ4n) is 5.74. The second-order valence-electron chi connectivity index (χ2n) is 13.6. The predicted octanol–water partition coefficient (Wildman–Crippen LogP) is 15.5. The van der Waals surface area contributed by atoms with Crippen LogP contribution < -0.4 is 0 Å². The minimum absolute atomic E-state index is 0.597. The van der Waals surface area contributed by atoms with Gasteiger partial charge in [0.2, 0.25) is 0 Å². The van der Waals surface area contributed by atoms with Gasteiger partial charge in [-0.1, -0.05) is 48.6 Å². The highest BCUT2D eigenvalue weighted by Gasteiger charge is 2.29. The smallest absolute Gasteiger partial charge is 0.171 e. The zero-order valence-corrected chi connectivity index (χ0v) is 43.1. The van der Waals surface area contributed by atoms with E-state index in [0.29, 0.717) is 34.6 Å². The van der Waals surface area contributed by atoms with E-state index in [4.69, 9.17) is 29.9 Å². The molecule has 0 unspecified atom stereocenters. The molecule has 0 amide bonds. The van der Waals surface area contributed by atoms with Crippen LogP contribution >= 0.6 is 94.1 Å². The van der Waals surface area contributed by atoms with Crippen molar-refractivity contribution in [3.63, 3.8) is 0 Å². The van der Waals surface area contributed by atoms with Crippen LogP contribution in [0.4, 0.5) is 0 Å². The van der Waals surface area contributed by atoms with E-state index in [0.717, 1.165) is 148 Å². The van der Waals surface area contributed by atoms with Crippen molar-refractivity contribution in [2.75, 3.05) is 46.0 Å². The topological polar surface area (TPSA) is 109 Å². The van der Waals surface area contributed by atoms with Crippen LogP contribution in [0, 0.1) is 0 Å². The van der Waals surface area contributed by atoms with Crippen LogP contribution in [0.2, 0.25) is 0 Å². The van der Waals surface area contributed by atoms with Crippen molar-refractivity contribution in [2.45, 2.75) is 70.9 Å². The molecule has 0 fully saturated rings. The maximum absolute atomic E-state index is 5.50. The lowest BCUT2D eigenvalue weighted by Gasteiger charge is -2.07. The first kappa shape index (κ1) is 52.0. The van der Waals surface area contributed by atoms with Gasteiger partial charge >= 0.3 is 0 Å². The first-order valence-electron chi connectivity index (χ1n) is 21.2. The number of H-pyrrole nitrogens is 2. The fraction of sp³-hybridized carbons (Fsp3) is 0.333. The minimum atomic E-state index is 0.597. The molecule has 0 aromatic carbocycles. The maximum Gasteiger partial charge on any atom is 0.171 e. The Labute approximate surface area is 414 Å². The summed E-state index contributed by atoms with van der Waals surface area (Å²) < 4.78 is 0. The van der Waals surface area contributed by atoms with E-state index in [1.165, 1.54) is 0 Å². The Kier molecular flexibility index (Phi) is 23.5. The average Bonchev–Trinajstić information content (AvgIpc) is 3.99. The molecular weight excluding hydrogens is 945 g/mol. The standard InChI is InChI=1S/C48H58N8S8/c1-9-17-25-57-33-34(58-26-18-10-2)42-49-41(33)53-43-35(59-27-19-11-3)36(60-28-20-12-4)45(50-43)55-47-39(63-31-23-15-7)40(64-32-24-16-8)48(52-47)56-46-38(62-30-22-14-6)37(44(51-46)54-42)61-29-21-13-5/h9-16H,1-8,17-32H2,(H2,49,50,51,52,53,54,55,56). The molecule has 3 aromatic rings. The van der Waals surface area contributed by atoms with Gasteiger partial charge in [-0.25, -0.2) is 29.9 Å². The molecule has 5 heterocycles. The second kappa shape index (κ2) is 28.9. The fourth-order valence-corrected chi connectivity index (χ4v) is 14.7. The Hall–Kier alpha value is -2.96. The molecule has 2 aliphatic rings. The summed E-state index contributed by atoms with van der Waals surface area (Å²) >= 11 is 14.0. The molecule has 0 radical (unpaired) electrons. The highest BCUT2D eigenvalue weighted by molar-refractivity contribution is 8.14. The van der Waals surface area contributed by atoms with E-state index in [2.05, 4.69) is 62.6 Å². The van der Waals surface area contributed by atoms with E-state index < -0.39 is 0 Å². The molecule has 2 aliphatic heterocycles. The third-order valence-electron chi connectivity index (χ3n) is 8.81. The van der Waals surface area contributed by atoms with Crippen molar-refractivity contribution >= 4 is 136 Å². The third-order valence-corrected chi connectivity index (χ3v) is 18.3. The second-order valence-corrected chi connectivity index (χ2v) is 22.5. The Balaban J connectivity index is 2.01. The summed E-state index contributed by atoms with van der Waals surface area (Å²) in [5.74, 6) is 9.03. The lowest BCUT2D eigenvalue weighted by atomic mass is 10.4. The monoisotopic (exact) mass is 1000 g/mol. The number of nitrogens with one attached hydrogen (secondary N) is 2. The van der Waals surface area contributed by atoms with Crippen molar-refractivity contribution in [1.29, 1.82) is 0 Å². The van der Waals surface area contributed by atoms with E-state index in [9.17, 15) is 0 Å². The van der Waals surface area contributed by atoms with E-state index in [1.54, 1.807) is 94.1 Å². The van der Waals surface area contributed by atoms with Crippen molar-refractivity contribution < 1.29 is 0 Å². The molecule has 0 atom stereocenters. The summed E-state index contributed by atoms with van der Waals surface area (Å²) in [6, 6.07) is 0. The summed E-state index contributed by atoms with van der Waals surface area (Å²) in [5.41, 5.74) is 2.89. The summed E-state index contributed by atoms with van der Waals surface area (Å²) in [6.45, 7) is 32.1. The molecule has 5 rings (SSSR count). The minimum Gasteiger partial charge on any atom is -0.323 e. The van der Waals surface area contributed by atoms with Crippen LogP contribution in [0.1, 0.15) is 74.7 Å². The first-order chi connectivity index (χ1) is 31.5. The van der Waals surface area contributed by atoms with Crippen molar-refractivity contribution in [3.8, 4) is 0 Å². The van der Waals surface area contributed by atoms with Gasteiger partial charge in [-0.3, -0.25) is 0 Å². The van der Waals surface area contributed by atoms with Gasteiger partial charge in [-0.15, -0.1) is 147 Å². The SMILES string of the molecule is C=CCCSC1=C(SCCC=C)c2nc1nc1nc(nc3[nH]c(nc4[nH]c(n2)c(SCCC=C)c4SCCC=C)c(SCCC=C)c3SCCC=C)C(SCCC=C)=C1SCCC=C. The Morgan fingerprint density at radius 1 is 0.281 bits per heavy atom. The highest BCUT2D eigenvalue weighted by atomic mass is 32.2. The van der Waals surface area contributed by atoms with Crippen LogP contribution in [0.5, 0.6) is 0 Å². The third kappa shape index (κ3) is 14.5. The van der Waals surface area contributed by atoms with Crippen molar-refractivity contribution in [3.05, 3.63) is 125 Å². The van der Waals surface area contributed by atoms with Crippen molar-refractivity contribution in [1.82, 2.24) is 39.9 Å². The molecule has 0 saturated heterocycles. The van der Waals surface area contributed by atoms with Crippen LogP contribution in [0.25, 0.3) is 42.2 Å². The molecule has 338 valence electrons. The molecule has 3 aromatic heterocycles.